The molecular weight excluding hydrogens is 388 g/mol. The Morgan fingerprint density at radius 2 is 2.00 bits per heavy atom. The average Bonchev–Trinajstić information content (AvgIpc) is 3.24. The first kappa shape index (κ1) is 19.2. The molecule has 10 heteroatoms. The maximum atomic E-state index is 12.1. The fourth-order valence-corrected chi connectivity index (χ4v) is 4.14. The quantitative estimate of drug-likeness (QED) is 0.637. The first-order chi connectivity index (χ1) is 14.2. The van der Waals surface area contributed by atoms with E-state index in [1.165, 1.54) is 0 Å². The maximum absolute atomic E-state index is 12.1. The summed E-state index contributed by atoms with van der Waals surface area (Å²) < 4.78 is 0. The number of aromatic nitrogens is 5. The van der Waals surface area contributed by atoms with Crippen molar-refractivity contribution in [1.82, 2.24) is 25.4 Å². The van der Waals surface area contributed by atoms with Crippen LogP contribution in [0.1, 0.15) is 29.5 Å². The SMILES string of the molecule is CNc1nnc(C2CCN(c3ccc(NC(=O)Cc4ccccn4)nn3)CC2)s1. The summed E-state index contributed by atoms with van der Waals surface area (Å²) in [5.74, 6) is 1.53. The minimum Gasteiger partial charge on any atom is -0.363 e. The van der Waals surface area contributed by atoms with Crippen LogP contribution in [-0.2, 0) is 11.2 Å². The van der Waals surface area contributed by atoms with Crippen molar-refractivity contribution >= 4 is 34.0 Å². The molecule has 0 aliphatic carbocycles. The Labute approximate surface area is 172 Å². The average molecular weight is 411 g/mol. The Balaban J connectivity index is 1.30. The van der Waals surface area contributed by atoms with Gasteiger partial charge in [-0.15, -0.1) is 20.4 Å². The lowest BCUT2D eigenvalue weighted by atomic mass is 9.98. The number of hydrogen-bond acceptors (Lipinski definition) is 9. The molecule has 1 saturated heterocycles. The molecule has 9 nitrogen and oxygen atoms in total. The summed E-state index contributed by atoms with van der Waals surface area (Å²) in [5, 5.41) is 24.6. The van der Waals surface area contributed by atoms with Crippen molar-refractivity contribution in [2.45, 2.75) is 25.2 Å². The van der Waals surface area contributed by atoms with Gasteiger partial charge in [-0.2, -0.15) is 0 Å². The Morgan fingerprint density at radius 1 is 1.14 bits per heavy atom. The van der Waals surface area contributed by atoms with Crippen LogP contribution in [0.2, 0.25) is 0 Å². The minimum atomic E-state index is -0.162. The summed E-state index contributed by atoms with van der Waals surface area (Å²) in [6.45, 7) is 1.78. The maximum Gasteiger partial charge on any atom is 0.231 e. The van der Waals surface area contributed by atoms with Gasteiger partial charge in [0.2, 0.25) is 11.0 Å². The molecule has 4 rings (SSSR count). The molecule has 150 valence electrons. The molecule has 0 bridgehead atoms. The van der Waals surface area contributed by atoms with Crippen LogP contribution in [0.15, 0.2) is 36.5 Å². The number of pyridine rings is 1. The molecule has 1 fully saturated rings. The van der Waals surface area contributed by atoms with E-state index in [0.29, 0.717) is 11.7 Å². The lowest BCUT2D eigenvalue weighted by molar-refractivity contribution is -0.115. The second-order valence-corrected chi connectivity index (χ2v) is 7.79. The van der Waals surface area contributed by atoms with Gasteiger partial charge in [0.1, 0.15) is 5.01 Å². The summed E-state index contributed by atoms with van der Waals surface area (Å²) in [5.41, 5.74) is 0.717. The van der Waals surface area contributed by atoms with Gasteiger partial charge in [0, 0.05) is 37.9 Å². The van der Waals surface area contributed by atoms with Crippen molar-refractivity contribution in [1.29, 1.82) is 0 Å². The number of amides is 1. The lowest BCUT2D eigenvalue weighted by Crippen LogP contribution is -2.33. The number of nitrogens with one attached hydrogen (secondary N) is 2. The van der Waals surface area contributed by atoms with Gasteiger partial charge in [0.05, 0.1) is 6.42 Å². The predicted molar refractivity (Wildman–Crippen MR) is 112 cm³/mol. The molecule has 4 heterocycles. The molecule has 1 amide bonds. The van der Waals surface area contributed by atoms with Gasteiger partial charge in [-0.25, -0.2) is 0 Å². The summed E-state index contributed by atoms with van der Waals surface area (Å²) in [7, 11) is 1.86. The Kier molecular flexibility index (Phi) is 5.89. The molecule has 3 aromatic rings. The van der Waals surface area contributed by atoms with Gasteiger partial charge in [-0.1, -0.05) is 17.4 Å². The van der Waals surface area contributed by atoms with Gasteiger partial charge >= 0.3 is 0 Å². The highest BCUT2D eigenvalue weighted by Gasteiger charge is 2.24. The predicted octanol–water partition coefficient (Wildman–Crippen LogP) is 2.33. The lowest BCUT2D eigenvalue weighted by Gasteiger charge is -2.31. The van der Waals surface area contributed by atoms with Crippen molar-refractivity contribution in [2.24, 2.45) is 0 Å². The van der Waals surface area contributed by atoms with Crippen LogP contribution in [0.4, 0.5) is 16.8 Å². The summed E-state index contributed by atoms with van der Waals surface area (Å²) >= 11 is 1.62. The normalized spacial score (nSPS) is 14.6. The van der Waals surface area contributed by atoms with Crippen molar-refractivity contribution in [3.05, 3.63) is 47.2 Å². The van der Waals surface area contributed by atoms with Crippen LogP contribution in [0.25, 0.3) is 0 Å². The molecule has 0 saturated carbocycles. The molecule has 1 aliphatic rings. The topological polar surface area (TPSA) is 109 Å². The zero-order valence-electron chi connectivity index (χ0n) is 16.1. The van der Waals surface area contributed by atoms with Crippen molar-refractivity contribution in [3.8, 4) is 0 Å². The van der Waals surface area contributed by atoms with Crippen LogP contribution in [-0.4, -0.2) is 51.4 Å². The van der Waals surface area contributed by atoms with Gasteiger partial charge in [-0.3, -0.25) is 9.78 Å². The molecule has 0 unspecified atom stereocenters. The number of nitrogens with zero attached hydrogens (tertiary/aromatic N) is 6. The zero-order valence-corrected chi connectivity index (χ0v) is 16.9. The second-order valence-electron chi connectivity index (χ2n) is 6.78. The number of carbonyl (C=O) groups is 1. The number of piperidine rings is 1. The van der Waals surface area contributed by atoms with Gasteiger partial charge in [0.25, 0.3) is 0 Å². The van der Waals surface area contributed by atoms with E-state index >= 15 is 0 Å². The van der Waals surface area contributed by atoms with Gasteiger partial charge < -0.3 is 15.5 Å². The van der Waals surface area contributed by atoms with E-state index in [9.17, 15) is 4.79 Å². The molecule has 2 N–H and O–H groups in total. The van der Waals surface area contributed by atoms with Crippen LogP contribution in [0.5, 0.6) is 0 Å². The Morgan fingerprint density at radius 3 is 2.66 bits per heavy atom. The molecule has 29 heavy (non-hydrogen) atoms. The fourth-order valence-electron chi connectivity index (χ4n) is 3.27. The third-order valence-electron chi connectivity index (χ3n) is 4.81. The fraction of sp³-hybridized carbons (Fsp3) is 0.368. The van der Waals surface area contributed by atoms with Crippen LogP contribution in [0, 0.1) is 0 Å². The van der Waals surface area contributed by atoms with Gasteiger partial charge in [-0.05, 0) is 37.1 Å². The number of rotatable bonds is 6. The first-order valence-corrected chi connectivity index (χ1v) is 10.3. The van der Waals surface area contributed by atoms with E-state index in [2.05, 4.69) is 40.9 Å². The van der Waals surface area contributed by atoms with Crippen LogP contribution < -0.4 is 15.5 Å². The van der Waals surface area contributed by atoms with E-state index in [1.807, 2.05) is 31.3 Å². The molecular formula is C19H22N8OS. The van der Waals surface area contributed by atoms with Gasteiger partial charge in [0.15, 0.2) is 11.6 Å². The third kappa shape index (κ3) is 4.83. The van der Waals surface area contributed by atoms with E-state index in [-0.39, 0.29) is 12.3 Å². The van der Waals surface area contributed by atoms with Crippen molar-refractivity contribution in [2.75, 3.05) is 35.7 Å². The molecule has 0 spiro atoms. The molecule has 0 aromatic carbocycles. The Bertz CT molecular complexity index is 938. The summed E-state index contributed by atoms with van der Waals surface area (Å²) in [6.07, 6.45) is 3.88. The highest BCUT2D eigenvalue weighted by atomic mass is 32.1. The highest BCUT2D eigenvalue weighted by Crippen LogP contribution is 2.32. The monoisotopic (exact) mass is 410 g/mol. The van der Waals surface area contributed by atoms with Crippen LogP contribution in [0.3, 0.4) is 0 Å². The first-order valence-electron chi connectivity index (χ1n) is 9.51. The standard InChI is InChI=1S/C19H22N8OS/c1-20-19-26-25-18(29-19)13-7-10-27(11-8-13)16-6-5-15(23-24-16)22-17(28)12-14-4-2-3-9-21-14/h2-6,9,13H,7-8,10-12H2,1H3,(H,20,26)(H,22,23,28). The van der Waals surface area contributed by atoms with E-state index in [0.717, 1.165) is 47.6 Å². The van der Waals surface area contributed by atoms with Crippen molar-refractivity contribution < 1.29 is 4.79 Å². The molecule has 0 atom stereocenters. The zero-order chi connectivity index (χ0) is 20.1. The second kappa shape index (κ2) is 8.91. The van der Waals surface area contributed by atoms with Crippen LogP contribution >= 0.6 is 11.3 Å². The smallest absolute Gasteiger partial charge is 0.231 e. The van der Waals surface area contributed by atoms with Crippen molar-refractivity contribution in [3.63, 3.8) is 0 Å². The third-order valence-corrected chi connectivity index (χ3v) is 5.91. The number of hydrogen-bond donors (Lipinski definition) is 2. The minimum absolute atomic E-state index is 0.162. The largest absolute Gasteiger partial charge is 0.363 e. The molecule has 0 radical (unpaired) electrons. The number of carbonyl (C=O) groups excluding carboxylic acids is 1. The highest BCUT2D eigenvalue weighted by molar-refractivity contribution is 7.15. The Hall–Kier alpha value is -3.14. The summed E-state index contributed by atoms with van der Waals surface area (Å²) in [6, 6.07) is 9.18. The van der Waals surface area contributed by atoms with E-state index in [1.54, 1.807) is 23.6 Å². The number of anilines is 3. The van der Waals surface area contributed by atoms with E-state index < -0.39 is 0 Å². The summed E-state index contributed by atoms with van der Waals surface area (Å²) in [4.78, 5) is 18.5. The van der Waals surface area contributed by atoms with E-state index in [4.69, 9.17) is 0 Å². The molecule has 1 aliphatic heterocycles. The molecule has 3 aromatic heterocycles.